The highest BCUT2D eigenvalue weighted by Crippen LogP contribution is 2.31. The Balaban J connectivity index is 0.000000182. The molecule has 0 saturated carbocycles. The molecule has 1 aliphatic rings. The van der Waals surface area contributed by atoms with Gasteiger partial charge in [-0.2, -0.15) is 0 Å². The number of rotatable bonds is 5. The summed E-state index contributed by atoms with van der Waals surface area (Å²) in [7, 11) is -1.95. The molecule has 220 valence electrons. The summed E-state index contributed by atoms with van der Waals surface area (Å²) in [6, 6.07) is 26.6. The minimum Gasteiger partial charge on any atom is -0.485 e. The highest BCUT2D eigenvalue weighted by atomic mass is 32.2. The van der Waals surface area contributed by atoms with Crippen LogP contribution in [0, 0.1) is 6.92 Å². The van der Waals surface area contributed by atoms with E-state index in [2.05, 4.69) is 21.4 Å². The number of methoxy groups -OCH3 is 1. The van der Waals surface area contributed by atoms with Crippen LogP contribution in [0.25, 0.3) is 0 Å². The summed E-state index contributed by atoms with van der Waals surface area (Å²) in [5.74, 6) is 1.58. The molecule has 4 aromatic carbocycles. The lowest BCUT2D eigenvalue weighted by Gasteiger charge is -2.20. The van der Waals surface area contributed by atoms with Crippen LogP contribution in [0.1, 0.15) is 15.9 Å². The summed E-state index contributed by atoms with van der Waals surface area (Å²) in [5, 5.41) is 3.10. The number of aryl methyl sites for hydroxylation is 1. The number of sulfonamides is 1. The molecule has 5 rings (SSSR count). The van der Waals surface area contributed by atoms with Gasteiger partial charge in [-0.15, -0.1) is 0 Å². The van der Waals surface area contributed by atoms with E-state index in [1.807, 2.05) is 55.5 Å². The van der Waals surface area contributed by atoms with Crippen LogP contribution in [0.15, 0.2) is 103 Å². The van der Waals surface area contributed by atoms with E-state index in [0.717, 1.165) is 34.6 Å². The Bertz CT molecular complexity index is 1630. The van der Waals surface area contributed by atoms with E-state index in [-0.39, 0.29) is 5.97 Å². The first-order valence-electron chi connectivity index (χ1n) is 12.7. The predicted octanol–water partition coefficient (Wildman–Crippen LogP) is 5.80. The van der Waals surface area contributed by atoms with E-state index >= 15 is 0 Å². The Hall–Kier alpha value is -5.16. The van der Waals surface area contributed by atoms with Crippen molar-refractivity contribution in [3.63, 3.8) is 0 Å². The highest BCUT2D eigenvalue weighted by molar-refractivity contribution is 7.92. The normalized spacial score (nSPS) is 11.5. The Morgan fingerprint density at radius 1 is 0.976 bits per heavy atom. The van der Waals surface area contributed by atoms with E-state index < -0.39 is 10.0 Å². The average molecular weight is 591 g/mol. The summed E-state index contributed by atoms with van der Waals surface area (Å²) in [4.78, 5) is 10.9. The van der Waals surface area contributed by atoms with Crippen LogP contribution >= 0.6 is 0 Å². The maximum Gasteiger partial charge on any atom is 0.337 e. The molecule has 0 aliphatic carbocycles. The molecular formula is C31H34N4O6S. The van der Waals surface area contributed by atoms with E-state index in [1.165, 1.54) is 7.11 Å². The van der Waals surface area contributed by atoms with Crippen LogP contribution in [0.3, 0.4) is 0 Å². The van der Waals surface area contributed by atoms with Crippen LogP contribution in [0.2, 0.25) is 0 Å². The van der Waals surface area contributed by atoms with E-state index in [4.69, 9.17) is 20.9 Å². The molecule has 42 heavy (non-hydrogen) atoms. The average Bonchev–Trinajstić information content (AvgIpc) is 2.95. The topological polar surface area (TPSA) is 155 Å². The first-order valence-corrected chi connectivity index (χ1v) is 14.5. The molecule has 0 saturated heterocycles. The Kier molecular flexibility index (Phi) is 10.8. The monoisotopic (exact) mass is 590 g/mol. The van der Waals surface area contributed by atoms with Gasteiger partial charge in [-0.1, -0.05) is 42.5 Å². The number of ether oxygens (including phenoxy) is 3. The molecule has 0 atom stereocenters. The predicted molar refractivity (Wildman–Crippen MR) is 167 cm³/mol. The van der Waals surface area contributed by atoms with E-state index in [9.17, 15) is 13.2 Å². The van der Waals surface area contributed by atoms with Gasteiger partial charge in [-0.05, 0) is 61.5 Å². The molecule has 0 aromatic heterocycles. The number of carbonyl (C=O) groups is 1. The zero-order chi connectivity index (χ0) is 30.7. The summed E-state index contributed by atoms with van der Waals surface area (Å²) in [5.41, 5.74) is 16.4. The van der Waals surface area contributed by atoms with Crippen molar-refractivity contribution in [1.29, 1.82) is 0 Å². The number of hydrogen-bond acceptors (Lipinski definition) is 9. The Morgan fingerprint density at radius 3 is 2.31 bits per heavy atom. The van der Waals surface area contributed by atoms with Crippen molar-refractivity contribution in [2.24, 2.45) is 0 Å². The van der Waals surface area contributed by atoms with Gasteiger partial charge < -0.3 is 31.0 Å². The number of nitrogens with one attached hydrogen (secondary N) is 2. The lowest BCUT2D eigenvalue weighted by Crippen LogP contribution is -2.15. The molecule has 1 aliphatic heterocycles. The fourth-order valence-electron chi connectivity index (χ4n) is 3.49. The van der Waals surface area contributed by atoms with E-state index in [1.54, 1.807) is 42.5 Å². The summed E-state index contributed by atoms with van der Waals surface area (Å²) in [6.45, 7) is 6.26. The molecule has 11 heteroatoms. The zero-order valence-electron chi connectivity index (χ0n) is 23.6. The number of nitrogens with two attached hydrogens (primary N) is 2. The van der Waals surface area contributed by atoms with Gasteiger partial charge in [-0.3, -0.25) is 4.72 Å². The smallest absolute Gasteiger partial charge is 0.337 e. The van der Waals surface area contributed by atoms with Gasteiger partial charge in [0.05, 0.1) is 36.0 Å². The number of esters is 1. The van der Waals surface area contributed by atoms with Crippen LogP contribution in [0.4, 0.5) is 22.7 Å². The third-order valence-corrected chi connectivity index (χ3v) is 6.08. The first kappa shape index (κ1) is 31.4. The second-order valence-corrected chi connectivity index (χ2v) is 10.9. The van der Waals surface area contributed by atoms with Crippen molar-refractivity contribution in [3.05, 3.63) is 114 Å². The molecule has 1 heterocycles. The second-order valence-electron chi connectivity index (χ2n) is 9.17. The molecule has 0 radical (unpaired) electrons. The third-order valence-electron chi connectivity index (χ3n) is 5.48. The quantitative estimate of drug-likeness (QED) is 0.167. The number of nitrogen functional groups attached to an aromatic ring is 2. The van der Waals surface area contributed by atoms with Crippen LogP contribution < -0.4 is 31.0 Å². The van der Waals surface area contributed by atoms with Gasteiger partial charge in [0, 0.05) is 17.5 Å². The summed E-state index contributed by atoms with van der Waals surface area (Å²) < 4.78 is 40.2. The first-order chi connectivity index (χ1) is 19.9. The van der Waals surface area contributed by atoms with Crippen LogP contribution in [0.5, 0.6) is 17.2 Å². The van der Waals surface area contributed by atoms with Crippen molar-refractivity contribution >= 4 is 38.7 Å². The van der Waals surface area contributed by atoms with Gasteiger partial charge in [0.1, 0.15) is 18.1 Å². The number of anilines is 4. The van der Waals surface area contributed by atoms with Crippen molar-refractivity contribution in [3.8, 4) is 17.2 Å². The number of fused-ring (bicyclic) bond motifs is 1. The lowest BCUT2D eigenvalue weighted by atomic mass is 10.2. The molecule has 0 fully saturated rings. The Morgan fingerprint density at radius 2 is 1.67 bits per heavy atom. The van der Waals surface area contributed by atoms with Crippen molar-refractivity contribution in [2.75, 3.05) is 41.5 Å². The van der Waals surface area contributed by atoms with Gasteiger partial charge in [0.15, 0.2) is 5.75 Å². The van der Waals surface area contributed by atoms with Gasteiger partial charge in [0.2, 0.25) is 10.0 Å². The van der Waals surface area contributed by atoms with Gasteiger partial charge in [0.25, 0.3) is 0 Å². The highest BCUT2D eigenvalue weighted by Gasteiger charge is 2.11. The molecule has 0 spiro atoms. The third kappa shape index (κ3) is 10.1. The molecule has 0 unspecified atom stereocenters. The maximum absolute atomic E-state index is 11.2. The standard InChI is InChI=1S/C13H14N2O3S.C9H10N2O.C9H10O2/c1-19(16,17)15-10-7-8-12(14)13(9-10)18-11-5-3-2-4-6-11;1-6-5-12-9-3-2-7(10)4-8(9)11-6;1-7-3-5-8(6-4-7)9(10)11-2/h2-9,15H,14H2,1H3;2-4,11H,1,5,10H2;3-6H,1-2H3. The van der Waals surface area contributed by atoms with Gasteiger partial charge in [-0.25, -0.2) is 13.2 Å². The van der Waals surface area contributed by atoms with Crippen LogP contribution in [-0.2, 0) is 14.8 Å². The van der Waals surface area contributed by atoms with Gasteiger partial charge >= 0.3 is 5.97 Å². The van der Waals surface area contributed by atoms with Crippen LogP contribution in [-0.4, -0.2) is 34.4 Å². The largest absolute Gasteiger partial charge is 0.485 e. The summed E-state index contributed by atoms with van der Waals surface area (Å²) >= 11 is 0. The Labute approximate surface area is 246 Å². The van der Waals surface area contributed by atoms with Crippen molar-refractivity contribution in [2.45, 2.75) is 6.92 Å². The number of carbonyl (C=O) groups excluding carboxylic acids is 1. The molecule has 0 amide bonds. The zero-order valence-corrected chi connectivity index (χ0v) is 24.4. The molecular weight excluding hydrogens is 556 g/mol. The number of hydrogen-bond donors (Lipinski definition) is 4. The summed E-state index contributed by atoms with van der Waals surface area (Å²) in [6.07, 6.45) is 1.08. The molecule has 6 N–H and O–H groups in total. The van der Waals surface area contributed by atoms with E-state index in [0.29, 0.717) is 35.0 Å². The number of para-hydroxylation sites is 1. The number of benzene rings is 4. The van der Waals surface area contributed by atoms with Crippen molar-refractivity contribution in [1.82, 2.24) is 0 Å². The fourth-order valence-corrected chi connectivity index (χ4v) is 4.04. The lowest BCUT2D eigenvalue weighted by molar-refractivity contribution is 0.0600. The minimum absolute atomic E-state index is 0.287. The minimum atomic E-state index is -3.33. The molecule has 4 aromatic rings. The molecule has 0 bridgehead atoms. The van der Waals surface area contributed by atoms with Crippen molar-refractivity contribution < 1.29 is 27.4 Å². The SMILES string of the molecule is C=C1COc2ccc(N)cc2N1.COC(=O)c1ccc(C)cc1.CS(=O)(=O)Nc1ccc(N)c(Oc2ccccc2)c1. The maximum atomic E-state index is 11.2. The molecule has 10 nitrogen and oxygen atoms in total. The second kappa shape index (κ2) is 14.5. The fraction of sp³-hybridized carbons (Fsp3) is 0.129.